The van der Waals surface area contributed by atoms with Crippen LogP contribution in [0.2, 0.25) is 0 Å². The summed E-state index contributed by atoms with van der Waals surface area (Å²) in [6, 6.07) is 13.6. The van der Waals surface area contributed by atoms with E-state index in [4.69, 9.17) is 14.2 Å². The predicted octanol–water partition coefficient (Wildman–Crippen LogP) is 3.62. The monoisotopic (exact) mass is 446 g/mol. The van der Waals surface area contributed by atoms with Crippen molar-refractivity contribution in [1.82, 2.24) is 4.90 Å². The van der Waals surface area contributed by atoms with Crippen LogP contribution in [-0.2, 0) is 9.53 Å². The molecule has 0 aliphatic carbocycles. The van der Waals surface area contributed by atoms with Gasteiger partial charge in [-0.15, -0.1) is 0 Å². The van der Waals surface area contributed by atoms with Crippen LogP contribution in [0.5, 0.6) is 11.5 Å². The van der Waals surface area contributed by atoms with Gasteiger partial charge in [-0.05, 0) is 29.8 Å². The molecule has 1 saturated heterocycles. The fraction of sp³-hybridized carbons (Fsp3) is 0.381. The molecule has 1 N–H and O–H groups in total. The van der Waals surface area contributed by atoms with Gasteiger partial charge < -0.3 is 19.5 Å². The van der Waals surface area contributed by atoms with Crippen LogP contribution in [0, 0.1) is 0 Å². The van der Waals surface area contributed by atoms with Crippen molar-refractivity contribution in [2.24, 2.45) is 0 Å². The average molecular weight is 447 g/mol. The number of ether oxygens (including phenoxy) is 3. The van der Waals surface area contributed by atoms with Crippen molar-refractivity contribution in [2.75, 3.05) is 44.8 Å². The van der Waals surface area contributed by atoms with E-state index in [0.717, 1.165) is 28.8 Å². The van der Waals surface area contributed by atoms with Crippen LogP contribution < -0.4 is 14.8 Å². The third-order valence-electron chi connectivity index (χ3n) is 4.79. The minimum Gasteiger partial charge on any atom is -0.490 e. The molecule has 0 radical (unpaired) electrons. The molecule has 2 heterocycles. The number of rotatable bonds is 4. The normalized spacial score (nSPS) is 19.7. The van der Waals surface area contributed by atoms with Gasteiger partial charge in [-0.25, -0.2) is 0 Å². The molecule has 148 valence electrons. The van der Waals surface area contributed by atoms with Gasteiger partial charge in [0.05, 0.1) is 32.5 Å². The third kappa shape index (κ3) is 4.84. The summed E-state index contributed by atoms with van der Waals surface area (Å²) in [6.07, 6.45) is 0.833. The highest BCUT2D eigenvalue weighted by molar-refractivity contribution is 9.10. The zero-order valence-corrected chi connectivity index (χ0v) is 17.1. The van der Waals surface area contributed by atoms with Gasteiger partial charge in [0.1, 0.15) is 0 Å². The summed E-state index contributed by atoms with van der Waals surface area (Å²) in [4.78, 5) is 14.7. The smallest absolute Gasteiger partial charge is 0.238 e. The van der Waals surface area contributed by atoms with Crippen LogP contribution in [0.3, 0.4) is 0 Å². The van der Waals surface area contributed by atoms with E-state index in [-0.39, 0.29) is 12.0 Å². The first kappa shape index (κ1) is 19.2. The van der Waals surface area contributed by atoms with Crippen LogP contribution in [0.4, 0.5) is 5.69 Å². The molecule has 6 nitrogen and oxygen atoms in total. The maximum Gasteiger partial charge on any atom is 0.238 e. The van der Waals surface area contributed by atoms with Gasteiger partial charge in [-0.1, -0.05) is 28.1 Å². The summed E-state index contributed by atoms with van der Waals surface area (Å²) in [7, 11) is 0. The average Bonchev–Trinajstić information content (AvgIpc) is 2.93. The summed E-state index contributed by atoms with van der Waals surface area (Å²) in [6.45, 7) is 3.63. The number of anilines is 1. The second-order valence-electron chi connectivity index (χ2n) is 6.91. The van der Waals surface area contributed by atoms with Crippen LogP contribution in [0.15, 0.2) is 46.9 Å². The SMILES string of the molecule is O=C(CN1CCOC(c2ccc(Br)cc2)C1)Nc1ccc2c(c1)OCCCO2. The largest absolute Gasteiger partial charge is 0.490 e. The Morgan fingerprint density at radius 3 is 2.68 bits per heavy atom. The minimum absolute atomic E-state index is 0.0207. The van der Waals surface area contributed by atoms with Crippen molar-refractivity contribution in [2.45, 2.75) is 12.5 Å². The van der Waals surface area contributed by atoms with E-state index < -0.39 is 0 Å². The third-order valence-corrected chi connectivity index (χ3v) is 5.32. The number of carbonyl (C=O) groups excluding carboxylic acids is 1. The lowest BCUT2D eigenvalue weighted by molar-refractivity contribution is -0.119. The molecule has 1 atom stereocenters. The first-order chi connectivity index (χ1) is 13.7. The molecule has 7 heteroatoms. The summed E-state index contributed by atoms with van der Waals surface area (Å²) in [5.74, 6) is 1.35. The number of hydrogen-bond acceptors (Lipinski definition) is 5. The molecule has 1 fully saturated rings. The molecule has 0 spiro atoms. The fourth-order valence-corrected chi connectivity index (χ4v) is 3.63. The number of morpholine rings is 1. The molecule has 0 aromatic heterocycles. The number of nitrogens with zero attached hydrogens (tertiary/aromatic N) is 1. The highest BCUT2D eigenvalue weighted by atomic mass is 79.9. The van der Waals surface area contributed by atoms with Crippen LogP contribution >= 0.6 is 15.9 Å². The lowest BCUT2D eigenvalue weighted by atomic mass is 10.1. The Labute approximate surface area is 172 Å². The number of amides is 1. The highest BCUT2D eigenvalue weighted by Gasteiger charge is 2.23. The molecule has 4 rings (SSSR count). The number of carbonyl (C=O) groups is 1. The van der Waals surface area contributed by atoms with Crippen molar-refractivity contribution in [3.8, 4) is 11.5 Å². The summed E-state index contributed by atoms with van der Waals surface area (Å²) >= 11 is 3.45. The van der Waals surface area contributed by atoms with E-state index in [1.54, 1.807) is 0 Å². The summed E-state index contributed by atoms with van der Waals surface area (Å²) in [5.41, 5.74) is 1.84. The predicted molar refractivity (Wildman–Crippen MR) is 110 cm³/mol. The lowest BCUT2D eigenvalue weighted by Gasteiger charge is -2.32. The molecule has 2 aliphatic heterocycles. The zero-order valence-electron chi connectivity index (χ0n) is 15.5. The van der Waals surface area contributed by atoms with Gasteiger partial charge in [0.25, 0.3) is 0 Å². The molecule has 1 unspecified atom stereocenters. The standard InChI is InChI=1S/C21H23BrN2O4/c22-16-4-2-15(3-5-16)20-13-24(8-11-28-20)14-21(25)23-17-6-7-18-19(12-17)27-10-1-9-26-18/h2-7,12,20H,1,8-11,13-14H2,(H,23,25). The van der Waals surface area contributed by atoms with Crippen LogP contribution in [0.25, 0.3) is 0 Å². The Balaban J connectivity index is 1.34. The van der Waals surface area contributed by atoms with Gasteiger partial charge >= 0.3 is 0 Å². The van der Waals surface area contributed by atoms with Crippen molar-refractivity contribution in [3.05, 3.63) is 52.5 Å². The Kier molecular flexibility index (Phi) is 6.14. The Hall–Kier alpha value is -2.09. The summed E-state index contributed by atoms with van der Waals surface area (Å²) < 4.78 is 18.2. The van der Waals surface area contributed by atoms with Crippen molar-refractivity contribution in [3.63, 3.8) is 0 Å². The van der Waals surface area contributed by atoms with E-state index in [1.807, 2.05) is 30.3 Å². The van der Waals surface area contributed by atoms with Crippen molar-refractivity contribution >= 4 is 27.5 Å². The first-order valence-electron chi connectivity index (χ1n) is 9.46. The topological polar surface area (TPSA) is 60.0 Å². The Morgan fingerprint density at radius 2 is 1.86 bits per heavy atom. The quantitative estimate of drug-likeness (QED) is 0.776. The van der Waals surface area contributed by atoms with E-state index in [0.29, 0.717) is 44.3 Å². The molecule has 0 bridgehead atoms. The van der Waals surface area contributed by atoms with Crippen molar-refractivity contribution in [1.29, 1.82) is 0 Å². The second kappa shape index (κ2) is 8.94. The number of halogens is 1. The lowest BCUT2D eigenvalue weighted by Crippen LogP contribution is -2.42. The molecule has 1 amide bonds. The van der Waals surface area contributed by atoms with Gasteiger partial charge in [-0.3, -0.25) is 9.69 Å². The fourth-order valence-electron chi connectivity index (χ4n) is 3.37. The highest BCUT2D eigenvalue weighted by Crippen LogP contribution is 2.32. The number of fused-ring (bicyclic) bond motifs is 1. The molecular weight excluding hydrogens is 424 g/mol. The Bertz CT molecular complexity index is 828. The molecular formula is C21H23BrN2O4. The number of hydrogen-bond donors (Lipinski definition) is 1. The van der Waals surface area contributed by atoms with E-state index in [2.05, 4.69) is 38.3 Å². The first-order valence-corrected chi connectivity index (χ1v) is 10.3. The zero-order chi connectivity index (χ0) is 19.3. The molecule has 2 aromatic carbocycles. The molecule has 28 heavy (non-hydrogen) atoms. The van der Waals surface area contributed by atoms with Crippen LogP contribution in [0.1, 0.15) is 18.1 Å². The minimum atomic E-state index is -0.0500. The molecule has 0 saturated carbocycles. The van der Waals surface area contributed by atoms with Gasteiger partial charge in [0.2, 0.25) is 5.91 Å². The maximum atomic E-state index is 12.5. The van der Waals surface area contributed by atoms with Gasteiger partial charge in [-0.2, -0.15) is 0 Å². The molecule has 2 aliphatic rings. The van der Waals surface area contributed by atoms with Crippen LogP contribution in [-0.4, -0.2) is 50.3 Å². The van der Waals surface area contributed by atoms with E-state index in [9.17, 15) is 4.79 Å². The number of benzene rings is 2. The Morgan fingerprint density at radius 1 is 1.07 bits per heavy atom. The van der Waals surface area contributed by atoms with E-state index >= 15 is 0 Å². The van der Waals surface area contributed by atoms with Gasteiger partial charge in [0.15, 0.2) is 11.5 Å². The molecule has 2 aromatic rings. The van der Waals surface area contributed by atoms with Crippen molar-refractivity contribution < 1.29 is 19.0 Å². The summed E-state index contributed by atoms with van der Waals surface area (Å²) in [5, 5.41) is 2.96. The van der Waals surface area contributed by atoms with E-state index in [1.165, 1.54) is 0 Å². The number of nitrogens with one attached hydrogen (secondary N) is 1. The second-order valence-corrected chi connectivity index (χ2v) is 7.82. The van der Waals surface area contributed by atoms with Gasteiger partial charge in [0, 0.05) is 35.7 Å². The maximum absolute atomic E-state index is 12.5.